The molecule has 0 aromatic heterocycles. The van der Waals surface area contributed by atoms with Crippen LogP contribution in [0.5, 0.6) is 0 Å². The summed E-state index contributed by atoms with van der Waals surface area (Å²) in [4.78, 5) is 4.07. The van der Waals surface area contributed by atoms with Crippen LogP contribution >= 0.6 is 10.7 Å². The maximum Gasteiger partial charge on any atom is 0.104 e. The van der Waals surface area contributed by atoms with Crippen molar-refractivity contribution in [3.05, 3.63) is 0 Å². The average molecular weight is 116 g/mol. The summed E-state index contributed by atoms with van der Waals surface area (Å²) in [5, 5.41) is 0. The van der Waals surface area contributed by atoms with Crippen molar-refractivity contribution in [1.82, 2.24) is 4.72 Å². The lowest BCUT2D eigenvalue weighted by atomic mass is 10.7. The molecule has 0 fully saturated rings. The Morgan fingerprint density at radius 1 is 2.00 bits per heavy atom. The van der Waals surface area contributed by atoms with Gasteiger partial charge in [-0.05, 0) is 6.92 Å². The minimum atomic E-state index is 0.0934. The van der Waals surface area contributed by atoms with Crippen molar-refractivity contribution in [2.45, 2.75) is 6.92 Å². The van der Waals surface area contributed by atoms with E-state index in [2.05, 4.69) is 15.6 Å². The number of hydrogen-bond donors (Lipinski definition) is 1. The van der Waals surface area contributed by atoms with Crippen LogP contribution in [-0.4, -0.2) is 17.6 Å². The molecule has 1 unspecified atom stereocenters. The highest BCUT2D eigenvalue weighted by atomic mass is 32.2. The quantitative estimate of drug-likeness (QED) is 0.460. The molecule has 0 aromatic carbocycles. The summed E-state index contributed by atoms with van der Waals surface area (Å²) in [7, 11) is 0.0934. The van der Waals surface area contributed by atoms with Crippen molar-refractivity contribution >= 4 is 22.4 Å². The summed E-state index contributed by atoms with van der Waals surface area (Å²) < 4.78 is 3.08. The van der Waals surface area contributed by atoms with Crippen molar-refractivity contribution in [1.29, 1.82) is 0 Å². The van der Waals surface area contributed by atoms with Gasteiger partial charge in [0.05, 0.1) is 5.88 Å². The summed E-state index contributed by atoms with van der Waals surface area (Å²) in [5.74, 6) is 5.68. The minimum absolute atomic E-state index is 0.0934. The lowest BCUT2D eigenvalue weighted by Gasteiger charge is -1.92. The minimum Gasteiger partial charge on any atom is -0.323 e. The Hall–Kier alpha value is -0.310. The molecule has 0 aliphatic carbocycles. The average Bonchev–Trinajstić information content (AvgIpc) is 1.87. The van der Waals surface area contributed by atoms with Gasteiger partial charge in [0, 0.05) is 0 Å². The monoisotopic (exact) mass is 116 g/mol. The molecule has 1 N–H and O–H groups in total. The van der Waals surface area contributed by atoms with Gasteiger partial charge in [0.1, 0.15) is 5.84 Å². The topological polar surface area (TPSA) is 24.4 Å². The lowest BCUT2D eigenvalue weighted by molar-refractivity contribution is 1.37. The highest BCUT2D eigenvalue weighted by Gasteiger charge is 1.98. The Labute approximate surface area is 45.7 Å². The molecule has 1 atom stereocenters. The fourth-order valence-electron chi connectivity index (χ4n) is 0.448. The fraction of sp³-hybridized carbons (Fsp3) is 0.500. The van der Waals surface area contributed by atoms with E-state index in [9.17, 15) is 0 Å². The van der Waals surface area contributed by atoms with Crippen LogP contribution in [0.15, 0.2) is 4.99 Å². The highest BCUT2D eigenvalue weighted by Crippen LogP contribution is 2.08. The number of nitrogens with one attached hydrogen (secondary N) is 1. The molecule has 0 spiro atoms. The van der Waals surface area contributed by atoms with Crippen LogP contribution in [0, 0.1) is 0 Å². The van der Waals surface area contributed by atoms with E-state index in [1.54, 1.807) is 0 Å². The predicted molar refractivity (Wildman–Crippen MR) is 35.8 cm³/mol. The largest absolute Gasteiger partial charge is 0.323 e. The molecule has 1 aliphatic rings. The standard InChI is InChI=1S/C4H8N2S/c1-4-5-3-7(2)6-4/h2-3H2,1H3,(H,5,6). The smallest absolute Gasteiger partial charge is 0.104 e. The van der Waals surface area contributed by atoms with Gasteiger partial charge in [-0.15, -0.1) is 0 Å². The number of amidine groups is 1. The van der Waals surface area contributed by atoms with Gasteiger partial charge in [0.25, 0.3) is 0 Å². The zero-order chi connectivity index (χ0) is 5.28. The Morgan fingerprint density at radius 2 is 2.71 bits per heavy atom. The van der Waals surface area contributed by atoms with Gasteiger partial charge in [0.2, 0.25) is 0 Å². The maximum absolute atomic E-state index is 4.07. The number of rotatable bonds is 0. The van der Waals surface area contributed by atoms with Gasteiger partial charge in [-0.1, -0.05) is 16.5 Å². The predicted octanol–water partition coefficient (Wildman–Crippen LogP) is 0.581. The highest BCUT2D eigenvalue weighted by molar-refractivity contribution is 8.13. The molecule has 1 rings (SSSR count). The van der Waals surface area contributed by atoms with Crippen LogP contribution in [0.4, 0.5) is 0 Å². The molecule has 40 valence electrons. The zero-order valence-electron chi connectivity index (χ0n) is 4.27. The second kappa shape index (κ2) is 1.66. The molecule has 1 heterocycles. The van der Waals surface area contributed by atoms with E-state index in [1.807, 2.05) is 6.92 Å². The van der Waals surface area contributed by atoms with E-state index < -0.39 is 0 Å². The molecule has 7 heavy (non-hydrogen) atoms. The third-order valence-electron chi connectivity index (χ3n) is 0.750. The first-order chi connectivity index (χ1) is 3.29. The van der Waals surface area contributed by atoms with Crippen molar-refractivity contribution in [3.63, 3.8) is 0 Å². The van der Waals surface area contributed by atoms with E-state index in [4.69, 9.17) is 0 Å². The molecule has 0 aromatic rings. The molecule has 0 saturated heterocycles. The lowest BCUT2D eigenvalue weighted by Crippen LogP contribution is -2.05. The number of aliphatic imine (C=N–C) groups is 1. The van der Waals surface area contributed by atoms with Gasteiger partial charge in [-0.3, -0.25) is 4.99 Å². The van der Waals surface area contributed by atoms with Gasteiger partial charge < -0.3 is 4.72 Å². The van der Waals surface area contributed by atoms with Crippen molar-refractivity contribution < 1.29 is 0 Å². The molecule has 0 bridgehead atoms. The van der Waals surface area contributed by atoms with Gasteiger partial charge in [0.15, 0.2) is 0 Å². The third kappa shape index (κ3) is 1.03. The van der Waals surface area contributed by atoms with Crippen LogP contribution in [0.2, 0.25) is 0 Å². The zero-order valence-corrected chi connectivity index (χ0v) is 5.09. The molecular formula is C4H8N2S. The third-order valence-corrected chi connectivity index (χ3v) is 1.77. The fourth-order valence-corrected chi connectivity index (χ4v) is 1.34. The van der Waals surface area contributed by atoms with Gasteiger partial charge in [-0.2, -0.15) is 0 Å². The second-order valence-electron chi connectivity index (χ2n) is 1.47. The van der Waals surface area contributed by atoms with Gasteiger partial charge >= 0.3 is 0 Å². The molecular weight excluding hydrogens is 108 g/mol. The van der Waals surface area contributed by atoms with Crippen LogP contribution in [0.1, 0.15) is 6.92 Å². The molecule has 0 radical (unpaired) electrons. The molecule has 0 amide bonds. The van der Waals surface area contributed by atoms with Crippen LogP contribution in [0.25, 0.3) is 0 Å². The first kappa shape index (κ1) is 4.84. The van der Waals surface area contributed by atoms with Crippen LogP contribution in [0.3, 0.4) is 0 Å². The normalized spacial score (nSPS) is 29.3. The molecule has 1 aliphatic heterocycles. The number of nitrogens with zero attached hydrogens (tertiary/aromatic N) is 1. The Bertz CT molecular complexity index is 128. The molecule has 2 nitrogen and oxygen atoms in total. The second-order valence-corrected chi connectivity index (χ2v) is 2.92. The van der Waals surface area contributed by atoms with Crippen molar-refractivity contribution in [2.24, 2.45) is 4.99 Å². The first-order valence-electron chi connectivity index (χ1n) is 2.07. The van der Waals surface area contributed by atoms with E-state index in [1.165, 1.54) is 0 Å². The van der Waals surface area contributed by atoms with E-state index in [-0.39, 0.29) is 10.7 Å². The van der Waals surface area contributed by atoms with Crippen molar-refractivity contribution in [2.75, 3.05) is 5.88 Å². The van der Waals surface area contributed by atoms with E-state index in [0.29, 0.717) is 0 Å². The summed E-state index contributed by atoms with van der Waals surface area (Å²) in [6, 6.07) is 0. The number of hydrogen-bond acceptors (Lipinski definition) is 2. The maximum atomic E-state index is 4.07. The first-order valence-corrected chi connectivity index (χ1v) is 3.63. The van der Waals surface area contributed by atoms with Crippen LogP contribution < -0.4 is 4.72 Å². The summed E-state index contributed by atoms with van der Waals surface area (Å²) in [6.07, 6.45) is 0. The van der Waals surface area contributed by atoms with Crippen LogP contribution in [-0.2, 0) is 0 Å². The van der Waals surface area contributed by atoms with Gasteiger partial charge in [-0.25, -0.2) is 0 Å². The van der Waals surface area contributed by atoms with E-state index >= 15 is 0 Å². The summed E-state index contributed by atoms with van der Waals surface area (Å²) in [6.45, 7) is 1.96. The Kier molecular flexibility index (Phi) is 1.15. The summed E-state index contributed by atoms with van der Waals surface area (Å²) >= 11 is 0. The molecule has 3 heteroatoms. The SMILES string of the molecule is C=S1CN=C(C)N1. The van der Waals surface area contributed by atoms with Crippen molar-refractivity contribution in [3.8, 4) is 0 Å². The summed E-state index contributed by atoms with van der Waals surface area (Å²) in [5.41, 5.74) is 0. The Balaban J connectivity index is 2.58. The van der Waals surface area contributed by atoms with E-state index in [0.717, 1.165) is 11.7 Å². The molecule has 0 saturated carbocycles. The Morgan fingerprint density at radius 3 is 2.86 bits per heavy atom.